The highest BCUT2D eigenvalue weighted by Gasteiger charge is 2.47. The molecule has 0 spiro atoms. The lowest BCUT2D eigenvalue weighted by Crippen LogP contribution is -2.43. The third-order valence-electron chi connectivity index (χ3n) is 4.36. The molecule has 0 radical (unpaired) electrons. The monoisotopic (exact) mass is 415 g/mol. The zero-order valence-corrected chi connectivity index (χ0v) is 15.9. The molecule has 29 heavy (non-hydrogen) atoms. The summed E-state index contributed by atoms with van der Waals surface area (Å²) < 4.78 is 26.8. The number of carbonyl (C=O) groups excluding carboxylic acids is 2. The first-order chi connectivity index (χ1) is 13.8. The Morgan fingerprint density at radius 1 is 1.31 bits per heavy atom. The van der Waals surface area contributed by atoms with Crippen LogP contribution in [0.5, 0.6) is 0 Å². The van der Waals surface area contributed by atoms with Crippen LogP contribution < -0.4 is 5.32 Å². The average Bonchev–Trinajstić information content (AvgIpc) is 3.30. The van der Waals surface area contributed by atoms with Gasteiger partial charge in [0.1, 0.15) is 11.7 Å². The van der Waals surface area contributed by atoms with Gasteiger partial charge < -0.3 is 10.2 Å². The van der Waals surface area contributed by atoms with Gasteiger partial charge in [-0.25, -0.2) is 13.8 Å². The van der Waals surface area contributed by atoms with Crippen molar-refractivity contribution in [3.05, 3.63) is 51.5 Å². The number of benzene rings is 1. The number of amides is 2. The number of rotatable bonds is 5. The van der Waals surface area contributed by atoms with Crippen LogP contribution in [0.4, 0.5) is 8.78 Å². The third-order valence-corrected chi connectivity index (χ3v) is 5.21. The Morgan fingerprint density at radius 2 is 2.03 bits per heavy atom. The van der Waals surface area contributed by atoms with Crippen LogP contribution in [0.3, 0.4) is 0 Å². The standard InChI is InChI=1S/C19H15F2N5O2S/c20-19(21)6-14(8-23)26(11-19)17(27)9-24-18(28)15-10-29-16(25-15)5-12-1-3-13(7-22)4-2-12/h1-4,10,14H,5-6,9,11H2,(H,24,28)/t14-/m0/s1. The molecule has 3 rings (SSSR count). The number of likely N-dealkylation sites (tertiary alicyclic amines) is 1. The van der Waals surface area contributed by atoms with Crippen molar-refractivity contribution < 1.29 is 18.4 Å². The van der Waals surface area contributed by atoms with Crippen LogP contribution in [0.25, 0.3) is 0 Å². The normalized spacial score (nSPS) is 17.4. The van der Waals surface area contributed by atoms with Gasteiger partial charge >= 0.3 is 0 Å². The Labute approximate surface area is 169 Å². The molecule has 0 bridgehead atoms. The minimum atomic E-state index is -3.10. The number of aromatic nitrogens is 1. The van der Waals surface area contributed by atoms with Gasteiger partial charge in [0.2, 0.25) is 5.91 Å². The second-order valence-corrected chi connectivity index (χ2v) is 7.46. The number of alkyl halides is 2. The number of hydrogen-bond donors (Lipinski definition) is 1. The van der Waals surface area contributed by atoms with Gasteiger partial charge in [-0.05, 0) is 17.7 Å². The summed E-state index contributed by atoms with van der Waals surface area (Å²) in [6, 6.07) is 9.51. The van der Waals surface area contributed by atoms with Crippen LogP contribution in [0.15, 0.2) is 29.6 Å². The van der Waals surface area contributed by atoms with Crippen LogP contribution in [0.2, 0.25) is 0 Å². The highest BCUT2D eigenvalue weighted by Crippen LogP contribution is 2.31. The predicted molar refractivity (Wildman–Crippen MR) is 99.1 cm³/mol. The first-order valence-corrected chi connectivity index (χ1v) is 9.48. The van der Waals surface area contributed by atoms with Crippen molar-refractivity contribution in [2.24, 2.45) is 0 Å². The lowest BCUT2D eigenvalue weighted by atomic mass is 10.1. The minimum absolute atomic E-state index is 0.120. The number of hydrogen-bond acceptors (Lipinski definition) is 6. The summed E-state index contributed by atoms with van der Waals surface area (Å²) in [5, 5.41) is 22.3. The molecular formula is C19H15F2N5O2S. The Kier molecular flexibility index (Phi) is 5.85. The van der Waals surface area contributed by atoms with Gasteiger partial charge in [-0.1, -0.05) is 12.1 Å². The van der Waals surface area contributed by atoms with Crippen LogP contribution in [0.1, 0.15) is 33.0 Å². The molecule has 2 aromatic rings. The molecule has 1 aromatic heterocycles. The van der Waals surface area contributed by atoms with E-state index in [-0.39, 0.29) is 5.69 Å². The third kappa shape index (κ3) is 4.92. The largest absolute Gasteiger partial charge is 0.342 e. The van der Waals surface area contributed by atoms with E-state index in [1.165, 1.54) is 11.3 Å². The van der Waals surface area contributed by atoms with Crippen LogP contribution >= 0.6 is 11.3 Å². The highest BCUT2D eigenvalue weighted by atomic mass is 32.1. The van der Waals surface area contributed by atoms with Crippen LogP contribution in [-0.4, -0.2) is 46.8 Å². The minimum Gasteiger partial charge on any atom is -0.342 e. The van der Waals surface area contributed by atoms with E-state index in [0.717, 1.165) is 10.5 Å². The number of carbonyl (C=O) groups is 2. The second-order valence-electron chi connectivity index (χ2n) is 6.52. The maximum absolute atomic E-state index is 13.4. The Balaban J connectivity index is 1.55. The van der Waals surface area contributed by atoms with E-state index in [2.05, 4.69) is 10.3 Å². The molecule has 7 nitrogen and oxygen atoms in total. The smallest absolute Gasteiger partial charge is 0.271 e. The Hall–Kier alpha value is -3.37. The van der Waals surface area contributed by atoms with E-state index < -0.39 is 43.3 Å². The van der Waals surface area contributed by atoms with Gasteiger partial charge in [-0.2, -0.15) is 10.5 Å². The van der Waals surface area contributed by atoms with Gasteiger partial charge in [0, 0.05) is 18.2 Å². The molecule has 1 fully saturated rings. The fraction of sp³-hybridized carbons (Fsp3) is 0.316. The van der Waals surface area contributed by atoms with Crippen LogP contribution in [0, 0.1) is 22.7 Å². The molecular weight excluding hydrogens is 400 g/mol. The van der Waals surface area contributed by atoms with Crippen molar-refractivity contribution in [1.29, 1.82) is 10.5 Å². The van der Waals surface area contributed by atoms with E-state index in [1.54, 1.807) is 35.7 Å². The summed E-state index contributed by atoms with van der Waals surface area (Å²) in [5.74, 6) is -4.44. The van der Waals surface area contributed by atoms with Crippen molar-refractivity contribution in [2.45, 2.75) is 24.8 Å². The summed E-state index contributed by atoms with van der Waals surface area (Å²) in [4.78, 5) is 29.3. The highest BCUT2D eigenvalue weighted by molar-refractivity contribution is 7.09. The fourth-order valence-corrected chi connectivity index (χ4v) is 3.72. The number of thiazole rings is 1. The van der Waals surface area contributed by atoms with E-state index in [9.17, 15) is 18.4 Å². The summed E-state index contributed by atoms with van der Waals surface area (Å²) in [7, 11) is 0. The summed E-state index contributed by atoms with van der Waals surface area (Å²) >= 11 is 1.27. The van der Waals surface area contributed by atoms with Crippen molar-refractivity contribution in [2.75, 3.05) is 13.1 Å². The van der Waals surface area contributed by atoms with E-state index in [4.69, 9.17) is 10.5 Å². The molecule has 1 N–H and O–H groups in total. The van der Waals surface area contributed by atoms with Crippen molar-refractivity contribution in [3.63, 3.8) is 0 Å². The van der Waals surface area contributed by atoms with Crippen molar-refractivity contribution in [1.82, 2.24) is 15.2 Å². The molecule has 1 saturated heterocycles. The first kappa shape index (κ1) is 20.4. The maximum Gasteiger partial charge on any atom is 0.271 e. The molecule has 148 valence electrons. The number of nitrogens with zero attached hydrogens (tertiary/aromatic N) is 4. The molecule has 2 heterocycles. The zero-order valence-electron chi connectivity index (χ0n) is 15.1. The summed E-state index contributed by atoms with van der Waals surface area (Å²) in [6.45, 7) is -1.32. The van der Waals surface area contributed by atoms with E-state index >= 15 is 0 Å². The van der Waals surface area contributed by atoms with Crippen molar-refractivity contribution in [3.8, 4) is 12.1 Å². The van der Waals surface area contributed by atoms with Crippen molar-refractivity contribution >= 4 is 23.2 Å². The fourth-order valence-electron chi connectivity index (χ4n) is 2.91. The van der Waals surface area contributed by atoms with Gasteiger partial charge in [-0.3, -0.25) is 9.59 Å². The summed E-state index contributed by atoms with van der Waals surface area (Å²) in [6.07, 6.45) is -0.219. The quantitative estimate of drug-likeness (QED) is 0.804. The molecule has 1 aliphatic heterocycles. The zero-order chi connectivity index (χ0) is 21.0. The summed E-state index contributed by atoms with van der Waals surface area (Å²) in [5.41, 5.74) is 1.60. The second kappa shape index (κ2) is 8.33. The first-order valence-electron chi connectivity index (χ1n) is 8.60. The molecule has 2 amide bonds. The molecule has 1 aromatic carbocycles. The van der Waals surface area contributed by atoms with Crippen LogP contribution in [-0.2, 0) is 11.2 Å². The number of nitriles is 2. The van der Waals surface area contributed by atoms with E-state index in [0.29, 0.717) is 17.0 Å². The van der Waals surface area contributed by atoms with Gasteiger partial charge in [-0.15, -0.1) is 11.3 Å². The van der Waals surface area contributed by atoms with E-state index in [1.807, 2.05) is 6.07 Å². The molecule has 1 aliphatic rings. The Morgan fingerprint density at radius 3 is 2.69 bits per heavy atom. The lowest BCUT2D eigenvalue weighted by Gasteiger charge is -2.19. The Bertz CT molecular complexity index is 1010. The number of halogens is 2. The molecule has 0 unspecified atom stereocenters. The molecule has 10 heteroatoms. The maximum atomic E-state index is 13.4. The number of nitrogens with one attached hydrogen (secondary N) is 1. The van der Waals surface area contributed by atoms with Gasteiger partial charge in [0.15, 0.2) is 0 Å². The molecule has 0 saturated carbocycles. The average molecular weight is 415 g/mol. The SMILES string of the molecule is N#Cc1ccc(Cc2nc(C(=O)NCC(=O)N3CC(F)(F)C[C@H]3C#N)cs2)cc1. The predicted octanol–water partition coefficient (Wildman–Crippen LogP) is 2.10. The topological polar surface area (TPSA) is 110 Å². The molecule has 1 atom stereocenters. The molecule has 0 aliphatic carbocycles. The lowest BCUT2D eigenvalue weighted by molar-refractivity contribution is -0.131. The van der Waals surface area contributed by atoms with Gasteiger partial charge in [0.25, 0.3) is 11.8 Å². The van der Waals surface area contributed by atoms with Gasteiger partial charge in [0.05, 0.1) is 35.8 Å².